The molecule has 1 aromatic heterocycles. The molecule has 30 heavy (non-hydrogen) atoms. The van der Waals surface area contributed by atoms with E-state index in [4.69, 9.17) is 4.98 Å². The summed E-state index contributed by atoms with van der Waals surface area (Å²) in [6.45, 7) is 5.61. The molecule has 1 fully saturated rings. The van der Waals surface area contributed by atoms with Crippen LogP contribution in [0.3, 0.4) is 0 Å². The molecule has 0 atom stereocenters. The van der Waals surface area contributed by atoms with E-state index in [1.807, 2.05) is 12.1 Å². The van der Waals surface area contributed by atoms with Gasteiger partial charge in [-0.05, 0) is 42.7 Å². The lowest BCUT2D eigenvalue weighted by Crippen LogP contribution is -2.48. The summed E-state index contributed by atoms with van der Waals surface area (Å²) in [7, 11) is -3.71. The second kappa shape index (κ2) is 8.45. The molecule has 3 aromatic rings. The number of thiazole rings is 1. The number of anilines is 1. The lowest BCUT2D eigenvalue weighted by atomic mass is 10.1. The number of aryl methyl sites for hydroxylation is 2. The van der Waals surface area contributed by atoms with Crippen molar-refractivity contribution in [1.29, 1.82) is 0 Å². The second-order valence-electron chi connectivity index (χ2n) is 7.53. The number of benzene rings is 2. The Balaban J connectivity index is 1.43. The first-order chi connectivity index (χ1) is 14.3. The maximum absolute atomic E-state index is 13.6. The quantitative estimate of drug-likeness (QED) is 0.596. The predicted molar refractivity (Wildman–Crippen MR) is 118 cm³/mol. The molecule has 0 amide bonds. The van der Waals surface area contributed by atoms with Crippen LogP contribution in [-0.2, 0) is 16.4 Å². The SMILES string of the molecule is Cc1ccccc1Cc1csc(N2CCN(S(=O)(=O)c3cc(F)ccc3C)CC2)n1. The van der Waals surface area contributed by atoms with Gasteiger partial charge in [-0.2, -0.15) is 4.31 Å². The first-order valence-corrected chi connectivity index (χ1v) is 12.2. The van der Waals surface area contributed by atoms with E-state index in [0.717, 1.165) is 23.3 Å². The molecule has 1 saturated heterocycles. The number of halogens is 1. The molecular weight excluding hydrogens is 421 g/mol. The van der Waals surface area contributed by atoms with Gasteiger partial charge in [0, 0.05) is 38.0 Å². The van der Waals surface area contributed by atoms with Gasteiger partial charge in [0.05, 0.1) is 10.6 Å². The molecule has 1 aliphatic heterocycles. The first-order valence-electron chi connectivity index (χ1n) is 9.85. The fraction of sp³-hybridized carbons (Fsp3) is 0.318. The molecule has 0 saturated carbocycles. The van der Waals surface area contributed by atoms with E-state index >= 15 is 0 Å². The Morgan fingerprint density at radius 3 is 2.50 bits per heavy atom. The lowest BCUT2D eigenvalue weighted by molar-refractivity contribution is 0.384. The van der Waals surface area contributed by atoms with E-state index in [-0.39, 0.29) is 4.90 Å². The highest BCUT2D eigenvalue weighted by atomic mass is 32.2. The summed E-state index contributed by atoms with van der Waals surface area (Å²) in [5.41, 5.74) is 4.09. The van der Waals surface area contributed by atoms with E-state index < -0.39 is 15.8 Å². The van der Waals surface area contributed by atoms with E-state index in [2.05, 4.69) is 29.3 Å². The standard InChI is InChI=1S/C22H24FN3O2S2/c1-16-5-3-4-6-18(16)13-20-15-29-22(24-20)25-9-11-26(12-10-25)30(27,28)21-14-19(23)8-7-17(21)2/h3-8,14-15H,9-13H2,1-2H3. The molecule has 2 aromatic carbocycles. The molecular formula is C22H24FN3O2S2. The van der Waals surface area contributed by atoms with Gasteiger partial charge < -0.3 is 4.90 Å². The summed E-state index contributed by atoms with van der Waals surface area (Å²) in [6, 6.07) is 12.2. The smallest absolute Gasteiger partial charge is 0.243 e. The van der Waals surface area contributed by atoms with Crippen molar-refractivity contribution in [1.82, 2.24) is 9.29 Å². The van der Waals surface area contributed by atoms with Gasteiger partial charge in [0.2, 0.25) is 10.0 Å². The highest BCUT2D eigenvalue weighted by Gasteiger charge is 2.30. The minimum Gasteiger partial charge on any atom is -0.345 e. The van der Waals surface area contributed by atoms with Crippen LogP contribution in [0.15, 0.2) is 52.7 Å². The molecule has 2 heterocycles. The number of rotatable bonds is 5. The number of hydrogen-bond donors (Lipinski definition) is 0. The van der Waals surface area contributed by atoms with Crippen molar-refractivity contribution in [3.63, 3.8) is 0 Å². The van der Waals surface area contributed by atoms with Gasteiger partial charge in [-0.15, -0.1) is 11.3 Å². The van der Waals surface area contributed by atoms with Gasteiger partial charge in [0.15, 0.2) is 5.13 Å². The zero-order chi connectivity index (χ0) is 21.3. The minimum absolute atomic E-state index is 0.0470. The fourth-order valence-electron chi connectivity index (χ4n) is 3.64. The lowest BCUT2D eigenvalue weighted by Gasteiger charge is -2.34. The average Bonchev–Trinajstić information content (AvgIpc) is 3.20. The van der Waals surface area contributed by atoms with Gasteiger partial charge in [-0.1, -0.05) is 30.3 Å². The van der Waals surface area contributed by atoms with E-state index in [9.17, 15) is 12.8 Å². The van der Waals surface area contributed by atoms with E-state index in [1.54, 1.807) is 18.3 Å². The fourth-order valence-corrected chi connectivity index (χ4v) is 6.17. The molecule has 0 N–H and O–H groups in total. The summed E-state index contributed by atoms with van der Waals surface area (Å²) >= 11 is 1.59. The van der Waals surface area contributed by atoms with E-state index in [1.165, 1.54) is 27.6 Å². The molecule has 0 spiro atoms. The summed E-state index contributed by atoms with van der Waals surface area (Å²) in [6.07, 6.45) is 0.788. The Bertz CT molecular complexity index is 1150. The van der Waals surface area contributed by atoms with Crippen LogP contribution in [0.1, 0.15) is 22.4 Å². The first kappa shape index (κ1) is 21.0. The maximum Gasteiger partial charge on any atom is 0.243 e. The number of nitrogens with zero attached hydrogens (tertiary/aromatic N) is 3. The largest absolute Gasteiger partial charge is 0.345 e. The van der Waals surface area contributed by atoms with Crippen molar-refractivity contribution in [3.05, 3.63) is 76.0 Å². The number of hydrogen-bond acceptors (Lipinski definition) is 5. The topological polar surface area (TPSA) is 53.5 Å². The van der Waals surface area contributed by atoms with Crippen LogP contribution < -0.4 is 4.90 Å². The third-order valence-electron chi connectivity index (χ3n) is 5.45. The molecule has 0 radical (unpaired) electrons. The average molecular weight is 446 g/mol. The Morgan fingerprint density at radius 2 is 1.77 bits per heavy atom. The number of piperazine rings is 1. The third-order valence-corrected chi connectivity index (χ3v) is 8.44. The van der Waals surface area contributed by atoms with Gasteiger partial charge >= 0.3 is 0 Å². The normalized spacial score (nSPS) is 15.5. The molecule has 5 nitrogen and oxygen atoms in total. The van der Waals surface area contributed by atoms with Gasteiger partial charge in [0.25, 0.3) is 0 Å². The molecule has 1 aliphatic rings. The molecule has 0 unspecified atom stereocenters. The highest BCUT2D eigenvalue weighted by molar-refractivity contribution is 7.89. The molecule has 0 aliphatic carbocycles. The summed E-state index contributed by atoms with van der Waals surface area (Å²) in [5.74, 6) is -0.540. The zero-order valence-corrected chi connectivity index (χ0v) is 18.6. The minimum atomic E-state index is -3.71. The highest BCUT2D eigenvalue weighted by Crippen LogP contribution is 2.27. The van der Waals surface area contributed by atoms with Crippen molar-refractivity contribution < 1.29 is 12.8 Å². The van der Waals surface area contributed by atoms with Crippen LogP contribution >= 0.6 is 11.3 Å². The third kappa shape index (κ3) is 4.26. The van der Waals surface area contributed by atoms with Crippen molar-refractivity contribution in [2.24, 2.45) is 0 Å². The van der Waals surface area contributed by atoms with Crippen molar-refractivity contribution in [2.75, 3.05) is 31.1 Å². The maximum atomic E-state index is 13.6. The molecule has 8 heteroatoms. The Kier molecular flexibility index (Phi) is 5.90. The van der Waals surface area contributed by atoms with Gasteiger partial charge in [-0.25, -0.2) is 17.8 Å². The monoisotopic (exact) mass is 445 g/mol. The number of aromatic nitrogens is 1. The van der Waals surface area contributed by atoms with Crippen molar-refractivity contribution >= 4 is 26.5 Å². The molecule has 158 valence electrons. The Hall–Kier alpha value is -2.29. The van der Waals surface area contributed by atoms with Crippen LogP contribution in [0.2, 0.25) is 0 Å². The van der Waals surface area contributed by atoms with Gasteiger partial charge in [0.1, 0.15) is 5.82 Å². The predicted octanol–water partition coefficient (Wildman–Crippen LogP) is 4.00. The van der Waals surface area contributed by atoms with E-state index in [0.29, 0.717) is 31.7 Å². The zero-order valence-electron chi connectivity index (χ0n) is 17.0. The van der Waals surface area contributed by atoms with Crippen LogP contribution in [-0.4, -0.2) is 43.9 Å². The Morgan fingerprint density at radius 1 is 1.03 bits per heavy atom. The molecule has 4 rings (SSSR count). The van der Waals surface area contributed by atoms with Crippen molar-refractivity contribution in [3.8, 4) is 0 Å². The van der Waals surface area contributed by atoms with Crippen LogP contribution in [0, 0.1) is 19.7 Å². The summed E-state index contributed by atoms with van der Waals surface area (Å²) in [4.78, 5) is 6.94. The Labute approximate surface area is 180 Å². The van der Waals surface area contributed by atoms with Gasteiger partial charge in [-0.3, -0.25) is 0 Å². The molecule has 0 bridgehead atoms. The number of sulfonamides is 1. The second-order valence-corrected chi connectivity index (χ2v) is 10.3. The van der Waals surface area contributed by atoms with Crippen molar-refractivity contribution in [2.45, 2.75) is 25.2 Å². The van der Waals surface area contributed by atoms with Crippen LogP contribution in [0.4, 0.5) is 9.52 Å². The summed E-state index contributed by atoms with van der Waals surface area (Å²) in [5, 5.41) is 2.98. The summed E-state index contributed by atoms with van der Waals surface area (Å²) < 4.78 is 41.0. The van der Waals surface area contributed by atoms with Crippen LogP contribution in [0.25, 0.3) is 0 Å². The van der Waals surface area contributed by atoms with Crippen LogP contribution in [0.5, 0.6) is 0 Å².